The van der Waals surface area contributed by atoms with Gasteiger partial charge in [0.25, 0.3) is 0 Å². The van der Waals surface area contributed by atoms with Crippen molar-refractivity contribution in [2.24, 2.45) is 0 Å². The van der Waals surface area contributed by atoms with Gasteiger partial charge in [0.2, 0.25) is 5.91 Å². The summed E-state index contributed by atoms with van der Waals surface area (Å²) in [5.74, 6) is 0.0315. The van der Waals surface area contributed by atoms with Crippen molar-refractivity contribution in [1.29, 1.82) is 0 Å². The molecular weight excluding hydrogens is 368 g/mol. The Balaban J connectivity index is 0.00000529. The molecule has 1 unspecified atom stereocenters. The maximum Gasteiger partial charge on any atom is 0.233 e. The van der Waals surface area contributed by atoms with Crippen molar-refractivity contribution >= 4 is 39.9 Å². The number of carbonyl (C=O) groups excluding carboxylic acids is 1. The van der Waals surface area contributed by atoms with Crippen molar-refractivity contribution in [3.05, 3.63) is 24.3 Å². The summed E-state index contributed by atoms with van der Waals surface area (Å²) in [5.41, 5.74) is 0. The molecule has 1 atom stereocenters. The molecule has 0 fully saturated rings. The quantitative estimate of drug-likeness (QED) is 0.471. The lowest BCUT2D eigenvalue weighted by molar-refractivity contribution is -0.120. The zero-order chi connectivity index (χ0) is 17.3. The lowest BCUT2D eigenvalue weighted by Gasteiger charge is -2.15. The fourth-order valence-electron chi connectivity index (χ4n) is 2.02. The van der Waals surface area contributed by atoms with E-state index in [9.17, 15) is 13.2 Å². The maximum absolute atomic E-state index is 12.3. The third kappa shape index (κ3) is 7.42. The molecule has 1 rings (SSSR count). The molecule has 5 nitrogen and oxygen atoms in total. The molecule has 1 aromatic carbocycles. The lowest BCUT2D eigenvalue weighted by Crippen LogP contribution is -2.36. The van der Waals surface area contributed by atoms with E-state index >= 15 is 0 Å². The van der Waals surface area contributed by atoms with E-state index in [1.165, 1.54) is 11.8 Å². The van der Waals surface area contributed by atoms with Gasteiger partial charge in [-0.05, 0) is 32.0 Å². The van der Waals surface area contributed by atoms with Crippen LogP contribution in [0.15, 0.2) is 34.1 Å². The fraction of sp³-hybridized carbons (Fsp3) is 0.562. The number of halogens is 1. The van der Waals surface area contributed by atoms with Crippen molar-refractivity contribution < 1.29 is 13.2 Å². The van der Waals surface area contributed by atoms with Crippen molar-refractivity contribution in [1.82, 2.24) is 10.6 Å². The highest BCUT2D eigenvalue weighted by Crippen LogP contribution is 2.30. The second-order valence-electron chi connectivity index (χ2n) is 5.17. The van der Waals surface area contributed by atoms with Gasteiger partial charge in [-0.3, -0.25) is 4.79 Å². The molecule has 0 aliphatic carbocycles. The molecule has 0 heterocycles. The van der Waals surface area contributed by atoms with E-state index in [0.717, 1.165) is 13.1 Å². The minimum Gasteiger partial charge on any atom is -0.354 e. The molecule has 0 spiro atoms. The molecule has 1 amide bonds. The minimum atomic E-state index is -3.30. The zero-order valence-electron chi connectivity index (χ0n) is 14.4. The summed E-state index contributed by atoms with van der Waals surface area (Å²) in [5, 5.41) is 5.63. The molecule has 0 aliphatic heterocycles. The molecule has 0 aliphatic rings. The van der Waals surface area contributed by atoms with Gasteiger partial charge in [-0.15, -0.1) is 24.2 Å². The molecule has 0 bridgehead atoms. The highest BCUT2D eigenvalue weighted by molar-refractivity contribution is 8.01. The van der Waals surface area contributed by atoms with Gasteiger partial charge in [0, 0.05) is 18.0 Å². The topological polar surface area (TPSA) is 75.3 Å². The van der Waals surface area contributed by atoms with E-state index in [1.807, 2.05) is 13.8 Å². The Kier molecular flexibility index (Phi) is 11.4. The summed E-state index contributed by atoms with van der Waals surface area (Å²) in [6, 6.07) is 6.88. The van der Waals surface area contributed by atoms with Crippen LogP contribution in [0.5, 0.6) is 0 Å². The standard InChI is InChI=1S/C16H26N2O3S2.ClH/c1-4-12-23(20,21)15-9-7-6-8-14(15)22-13(3)16(19)18-11-10-17-5-2;/h6-9,13,17H,4-5,10-12H2,1-3H3,(H,18,19);1H. The van der Waals surface area contributed by atoms with E-state index in [4.69, 9.17) is 0 Å². The van der Waals surface area contributed by atoms with E-state index in [1.54, 1.807) is 31.2 Å². The largest absolute Gasteiger partial charge is 0.354 e. The van der Waals surface area contributed by atoms with Crippen LogP contribution in [0.2, 0.25) is 0 Å². The number of benzene rings is 1. The van der Waals surface area contributed by atoms with Crippen LogP contribution in [0.3, 0.4) is 0 Å². The third-order valence-corrected chi connectivity index (χ3v) is 6.46. The van der Waals surface area contributed by atoms with Crippen LogP contribution in [0.1, 0.15) is 27.2 Å². The number of likely N-dealkylation sites (N-methyl/N-ethyl adjacent to an activating group) is 1. The van der Waals surface area contributed by atoms with E-state index in [-0.39, 0.29) is 29.3 Å². The SMILES string of the molecule is CCCS(=O)(=O)c1ccccc1SC(C)C(=O)NCCNCC.Cl. The molecule has 138 valence electrons. The second-order valence-corrected chi connectivity index (χ2v) is 8.63. The van der Waals surface area contributed by atoms with E-state index in [2.05, 4.69) is 10.6 Å². The lowest BCUT2D eigenvalue weighted by atomic mass is 10.4. The molecule has 1 aromatic rings. The smallest absolute Gasteiger partial charge is 0.233 e. The summed E-state index contributed by atoms with van der Waals surface area (Å²) in [6.45, 7) is 7.79. The number of nitrogens with one attached hydrogen (secondary N) is 2. The van der Waals surface area contributed by atoms with Crippen molar-refractivity contribution in [2.75, 3.05) is 25.4 Å². The van der Waals surface area contributed by atoms with Gasteiger partial charge in [0.15, 0.2) is 9.84 Å². The van der Waals surface area contributed by atoms with Crippen molar-refractivity contribution in [3.8, 4) is 0 Å². The molecule has 24 heavy (non-hydrogen) atoms. The number of thioether (sulfide) groups is 1. The molecule has 8 heteroatoms. The number of amides is 1. The minimum absolute atomic E-state index is 0. The molecule has 0 radical (unpaired) electrons. The van der Waals surface area contributed by atoms with Crippen LogP contribution >= 0.6 is 24.2 Å². The van der Waals surface area contributed by atoms with Gasteiger partial charge in [-0.25, -0.2) is 8.42 Å². The van der Waals surface area contributed by atoms with Crippen molar-refractivity contribution in [2.45, 2.75) is 42.2 Å². The molecule has 0 aromatic heterocycles. The molecule has 0 saturated heterocycles. The normalized spacial score (nSPS) is 12.3. The number of carbonyl (C=O) groups is 1. The summed E-state index contributed by atoms with van der Waals surface area (Å²) < 4.78 is 24.7. The van der Waals surface area contributed by atoms with Gasteiger partial charge in [-0.1, -0.05) is 26.0 Å². The Morgan fingerprint density at radius 3 is 2.50 bits per heavy atom. The number of sulfone groups is 1. The summed E-state index contributed by atoms with van der Waals surface area (Å²) in [6.07, 6.45) is 0.571. The van der Waals surface area contributed by atoms with Crippen LogP contribution in [-0.2, 0) is 14.6 Å². The third-order valence-electron chi connectivity index (χ3n) is 3.18. The van der Waals surface area contributed by atoms with Crippen LogP contribution in [0.4, 0.5) is 0 Å². The summed E-state index contributed by atoms with van der Waals surface area (Å²) >= 11 is 1.28. The Bertz CT molecular complexity index is 609. The average Bonchev–Trinajstić information content (AvgIpc) is 2.51. The Labute approximate surface area is 155 Å². The van der Waals surface area contributed by atoms with Gasteiger partial charge >= 0.3 is 0 Å². The van der Waals surface area contributed by atoms with Gasteiger partial charge < -0.3 is 10.6 Å². The highest BCUT2D eigenvalue weighted by atomic mass is 35.5. The summed E-state index contributed by atoms with van der Waals surface area (Å²) in [4.78, 5) is 13.0. The van der Waals surface area contributed by atoms with E-state index in [0.29, 0.717) is 22.8 Å². The van der Waals surface area contributed by atoms with Gasteiger partial charge in [0.05, 0.1) is 15.9 Å². The summed E-state index contributed by atoms with van der Waals surface area (Å²) in [7, 11) is -3.30. The fourth-order valence-corrected chi connectivity index (χ4v) is 4.88. The van der Waals surface area contributed by atoms with Crippen LogP contribution < -0.4 is 10.6 Å². The first kappa shape index (κ1) is 23.2. The first-order valence-electron chi connectivity index (χ1n) is 7.89. The number of hydrogen-bond acceptors (Lipinski definition) is 5. The Morgan fingerprint density at radius 1 is 1.21 bits per heavy atom. The second kappa shape index (κ2) is 11.7. The van der Waals surface area contributed by atoms with E-state index < -0.39 is 9.84 Å². The number of hydrogen-bond donors (Lipinski definition) is 2. The predicted octanol–water partition coefficient (Wildman–Crippen LogP) is 2.50. The zero-order valence-corrected chi connectivity index (χ0v) is 16.8. The maximum atomic E-state index is 12.3. The first-order valence-corrected chi connectivity index (χ1v) is 10.4. The Hall–Kier alpha value is -0.760. The van der Waals surface area contributed by atoms with Crippen LogP contribution in [0, 0.1) is 0 Å². The average molecular weight is 395 g/mol. The van der Waals surface area contributed by atoms with Gasteiger partial charge in [-0.2, -0.15) is 0 Å². The predicted molar refractivity (Wildman–Crippen MR) is 103 cm³/mol. The Morgan fingerprint density at radius 2 is 1.88 bits per heavy atom. The molecule has 0 saturated carbocycles. The van der Waals surface area contributed by atoms with Crippen LogP contribution in [-0.4, -0.2) is 45.0 Å². The monoisotopic (exact) mass is 394 g/mol. The highest BCUT2D eigenvalue weighted by Gasteiger charge is 2.21. The molecular formula is C16H27ClN2O3S2. The van der Waals surface area contributed by atoms with Crippen molar-refractivity contribution in [3.63, 3.8) is 0 Å². The first-order chi connectivity index (χ1) is 10.9. The van der Waals surface area contributed by atoms with Crippen LogP contribution in [0.25, 0.3) is 0 Å². The molecule has 2 N–H and O–H groups in total. The number of rotatable bonds is 10. The van der Waals surface area contributed by atoms with Gasteiger partial charge in [0.1, 0.15) is 0 Å².